The van der Waals surface area contributed by atoms with E-state index in [4.69, 9.17) is 4.74 Å². The summed E-state index contributed by atoms with van der Waals surface area (Å²) in [5, 5.41) is 7.17. The van der Waals surface area contributed by atoms with Gasteiger partial charge in [-0.15, -0.1) is 11.3 Å². The molecule has 2 aliphatic carbocycles. The molecule has 0 unspecified atom stereocenters. The summed E-state index contributed by atoms with van der Waals surface area (Å²) in [6.07, 6.45) is 2.08. The van der Waals surface area contributed by atoms with Crippen molar-refractivity contribution in [3.05, 3.63) is 93.1 Å². The van der Waals surface area contributed by atoms with Crippen molar-refractivity contribution < 1.29 is 23.9 Å². The predicted octanol–water partition coefficient (Wildman–Crippen LogP) is 7.11. The molecule has 2 atom stereocenters. The molecule has 0 radical (unpaired) electrons. The molecule has 8 rings (SSSR count). The first-order valence-corrected chi connectivity index (χ1v) is 16.0. The molecule has 4 heterocycles. The highest BCUT2D eigenvalue weighted by Crippen LogP contribution is 2.67. The highest BCUT2D eigenvalue weighted by Gasteiger charge is 2.67. The van der Waals surface area contributed by atoms with Crippen LogP contribution in [-0.2, 0) is 10.2 Å². The lowest BCUT2D eigenvalue weighted by atomic mass is 9.86. The van der Waals surface area contributed by atoms with E-state index in [9.17, 15) is 19.2 Å². The van der Waals surface area contributed by atoms with Gasteiger partial charge in [-0.2, -0.15) is 0 Å². The van der Waals surface area contributed by atoms with Crippen LogP contribution in [-0.4, -0.2) is 50.7 Å². The van der Waals surface area contributed by atoms with Gasteiger partial charge in [-0.1, -0.05) is 0 Å². The normalized spacial score (nSPS) is 19.8. The summed E-state index contributed by atoms with van der Waals surface area (Å²) in [5.74, 6) is -0.194. The third-order valence-corrected chi connectivity index (χ3v) is 10.0. The highest BCUT2D eigenvalue weighted by atomic mass is 32.1. The van der Waals surface area contributed by atoms with Gasteiger partial charge in [0.05, 0.1) is 4.88 Å². The van der Waals surface area contributed by atoms with Crippen molar-refractivity contribution in [2.45, 2.75) is 45.1 Å². The molecule has 232 valence electrons. The van der Waals surface area contributed by atoms with Crippen LogP contribution >= 0.6 is 11.3 Å². The number of rotatable bonds is 4. The lowest BCUT2D eigenvalue weighted by Crippen LogP contribution is -2.33. The number of anilines is 2. The van der Waals surface area contributed by atoms with Crippen LogP contribution in [0.4, 0.5) is 16.2 Å². The van der Waals surface area contributed by atoms with Gasteiger partial charge >= 0.3 is 6.09 Å². The van der Waals surface area contributed by atoms with Gasteiger partial charge in [0, 0.05) is 61.8 Å². The second kappa shape index (κ2) is 9.67. The second-order valence-electron chi connectivity index (χ2n) is 13.3. The Morgan fingerprint density at radius 1 is 0.935 bits per heavy atom. The van der Waals surface area contributed by atoms with Crippen molar-refractivity contribution in [3.8, 4) is 0 Å². The van der Waals surface area contributed by atoms with Gasteiger partial charge in [0.1, 0.15) is 17.0 Å². The van der Waals surface area contributed by atoms with Crippen molar-refractivity contribution in [1.82, 2.24) is 14.9 Å². The van der Waals surface area contributed by atoms with Crippen LogP contribution in [0.3, 0.4) is 0 Å². The van der Waals surface area contributed by atoms with Gasteiger partial charge in [-0.25, -0.2) is 4.79 Å². The van der Waals surface area contributed by atoms with Crippen LogP contribution in [0.2, 0.25) is 0 Å². The number of hydrogen-bond donors (Lipinski definition) is 4. The minimum Gasteiger partial charge on any atom is -0.444 e. The van der Waals surface area contributed by atoms with Crippen molar-refractivity contribution in [3.63, 3.8) is 0 Å². The van der Waals surface area contributed by atoms with Gasteiger partial charge in [0.2, 0.25) is 0 Å². The molecule has 11 heteroatoms. The number of amides is 3. The number of benzene rings is 2. The SMILES string of the molecule is Cc1cc2c(s1)C(=O)C=C1N(C(=O)c3cc4cc(NC(=O)c5cc6cc(NC(=O)OC(C)(C)C)ccc6[nH]5)ccc4[nH]3)C[C@@H]3C[C@@]123. The number of allylic oxidation sites excluding steroid dienone is 2. The molecule has 4 N–H and O–H groups in total. The number of carbonyl (C=O) groups excluding carboxylic acids is 4. The van der Waals surface area contributed by atoms with E-state index in [1.807, 2.05) is 19.1 Å². The zero-order valence-corrected chi connectivity index (χ0v) is 26.5. The van der Waals surface area contributed by atoms with Crippen LogP contribution in [0.5, 0.6) is 0 Å². The monoisotopic (exact) mass is 633 g/mol. The van der Waals surface area contributed by atoms with Crippen LogP contribution in [0.25, 0.3) is 21.8 Å². The fourth-order valence-electron chi connectivity index (χ4n) is 6.93. The summed E-state index contributed by atoms with van der Waals surface area (Å²) in [4.78, 5) is 62.1. The molecule has 2 aromatic carbocycles. The van der Waals surface area contributed by atoms with Crippen molar-refractivity contribution >= 4 is 68.2 Å². The molecule has 5 aromatic rings. The summed E-state index contributed by atoms with van der Waals surface area (Å²) < 4.78 is 5.32. The maximum absolute atomic E-state index is 13.8. The highest BCUT2D eigenvalue weighted by molar-refractivity contribution is 7.14. The lowest BCUT2D eigenvalue weighted by Gasteiger charge is -2.27. The molecule has 2 fully saturated rings. The van der Waals surface area contributed by atoms with Crippen LogP contribution in [0.15, 0.2) is 66.4 Å². The van der Waals surface area contributed by atoms with Crippen LogP contribution < -0.4 is 10.6 Å². The molecule has 3 aromatic heterocycles. The van der Waals surface area contributed by atoms with Gasteiger partial charge in [-0.3, -0.25) is 19.7 Å². The number of aromatic nitrogens is 2. The van der Waals surface area contributed by atoms with Crippen molar-refractivity contribution in [2.75, 3.05) is 17.2 Å². The number of likely N-dealkylation sites (tertiary alicyclic amines) is 1. The Kier molecular flexibility index (Phi) is 5.95. The fourth-order valence-corrected chi connectivity index (χ4v) is 7.94. The summed E-state index contributed by atoms with van der Waals surface area (Å²) in [6, 6.07) is 16.3. The Bertz CT molecular complexity index is 2200. The number of hydrogen-bond acceptors (Lipinski definition) is 6. The molecule has 46 heavy (non-hydrogen) atoms. The number of piperidine rings is 1. The van der Waals surface area contributed by atoms with E-state index in [0.717, 1.165) is 49.2 Å². The molecule has 0 bridgehead atoms. The minimum atomic E-state index is -0.617. The first-order valence-electron chi connectivity index (χ1n) is 15.1. The topological polar surface area (TPSA) is 136 Å². The minimum absolute atomic E-state index is 0.0241. The molecular formula is C35H31N5O5S. The molecule has 3 aliphatic rings. The number of aromatic amines is 2. The van der Waals surface area contributed by atoms with Gasteiger partial charge in [0.25, 0.3) is 11.8 Å². The number of ketones is 1. The van der Waals surface area contributed by atoms with Crippen molar-refractivity contribution in [2.24, 2.45) is 5.92 Å². The van der Waals surface area contributed by atoms with E-state index in [-0.39, 0.29) is 23.0 Å². The smallest absolute Gasteiger partial charge is 0.412 e. The Balaban J connectivity index is 0.985. The third-order valence-electron chi connectivity index (χ3n) is 8.95. The summed E-state index contributed by atoms with van der Waals surface area (Å²) in [6.45, 7) is 7.99. The Morgan fingerprint density at radius 3 is 2.28 bits per heavy atom. The zero-order valence-electron chi connectivity index (χ0n) is 25.7. The van der Waals surface area contributed by atoms with E-state index in [2.05, 4.69) is 26.7 Å². The van der Waals surface area contributed by atoms with E-state index >= 15 is 0 Å². The third kappa shape index (κ3) is 4.53. The largest absolute Gasteiger partial charge is 0.444 e. The molecule has 1 spiro atoms. The van der Waals surface area contributed by atoms with E-state index in [1.54, 1.807) is 68.1 Å². The maximum Gasteiger partial charge on any atom is 0.412 e. The van der Waals surface area contributed by atoms with Crippen LogP contribution in [0, 0.1) is 12.8 Å². The fraction of sp³-hybridized carbons (Fsp3) is 0.257. The number of fused-ring (bicyclic) bond motifs is 3. The summed E-state index contributed by atoms with van der Waals surface area (Å²) in [7, 11) is 0. The zero-order chi connectivity index (χ0) is 32.1. The number of H-pyrrole nitrogens is 2. The molecule has 10 nitrogen and oxygen atoms in total. The van der Waals surface area contributed by atoms with Gasteiger partial charge in [-0.05, 0) is 100 Å². The van der Waals surface area contributed by atoms with E-state index < -0.39 is 11.7 Å². The predicted molar refractivity (Wildman–Crippen MR) is 177 cm³/mol. The van der Waals surface area contributed by atoms with E-state index in [1.165, 1.54) is 11.3 Å². The Labute approximate surface area is 267 Å². The number of carbonyl (C=O) groups is 4. The average molecular weight is 634 g/mol. The number of nitrogens with one attached hydrogen (secondary N) is 4. The van der Waals surface area contributed by atoms with E-state index in [0.29, 0.717) is 35.2 Å². The first kappa shape index (κ1) is 28.3. The van der Waals surface area contributed by atoms with Crippen molar-refractivity contribution in [1.29, 1.82) is 0 Å². The quantitative estimate of drug-likeness (QED) is 0.167. The van der Waals surface area contributed by atoms with Gasteiger partial charge in [0.15, 0.2) is 5.78 Å². The Morgan fingerprint density at radius 2 is 1.59 bits per heavy atom. The molecule has 1 saturated heterocycles. The second-order valence-corrected chi connectivity index (χ2v) is 14.6. The lowest BCUT2D eigenvalue weighted by molar-refractivity contribution is 0.0635. The number of ether oxygens (including phenoxy) is 1. The maximum atomic E-state index is 13.8. The summed E-state index contributed by atoms with van der Waals surface area (Å²) >= 11 is 1.54. The summed E-state index contributed by atoms with van der Waals surface area (Å²) in [5.41, 5.74) is 4.49. The number of aryl methyl sites for hydroxylation is 1. The standard InChI is InChI=1S/C35H31N5O5S/c1-17-9-23-30(46-17)28(41)14-29-35(23)15-20(35)16-40(29)32(43)27-13-19-10-21(5-7-25(19)39-27)36-31(42)26-12-18-11-22(6-8-24(18)38-26)37-33(44)45-34(2,3)4/h5-14,20,38-39H,15-16H2,1-4H3,(H,36,42)(H,37,44)/t20-,35-/m0/s1. The molecule has 1 saturated carbocycles. The van der Waals surface area contributed by atoms with Crippen LogP contribution in [0.1, 0.15) is 68.3 Å². The number of nitrogens with zero attached hydrogens (tertiary/aromatic N) is 1. The number of thiophene rings is 1. The first-order chi connectivity index (χ1) is 21.9. The molecule has 3 amide bonds. The van der Waals surface area contributed by atoms with Gasteiger partial charge < -0.3 is 24.9 Å². The Hall–Kier alpha value is -5.16. The molecular weight excluding hydrogens is 602 g/mol. The average Bonchev–Trinajstić information content (AvgIpc) is 3.42. The molecule has 1 aliphatic heterocycles.